The highest BCUT2D eigenvalue weighted by Gasteiger charge is 2.63. The summed E-state index contributed by atoms with van der Waals surface area (Å²) in [4.78, 5) is 3.87. The SMILES string of the molecule is CS(=O)C1(C(O)(Cn2cncn2)c2ccc(F)cc2)CC1. The lowest BCUT2D eigenvalue weighted by Gasteiger charge is -2.35. The van der Waals surface area contributed by atoms with Crippen molar-refractivity contribution in [3.63, 3.8) is 0 Å². The van der Waals surface area contributed by atoms with Crippen molar-refractivity contribution >= 4 is 10.8 Å². The van der Waals surface area contributed by atoms with Crippen molar-refractivity contribution in [2.45, 2.75) is 29.7 Å². The lowest BCUT2D eigenvalue weighted by Crippen LogP contribution is -2.47. The molecule has 1 fully saturated rings. The Morgan fingerprint density at radius 1 is 1.43 bits per heavy atom. The maximum Gasteiger partial charge on any atom is 0.137 e. The zero-order chi connectivity index (χ0) is 15.1. The number of hydrogen-bond donors (Lipinski definition) is 1. The van der Waals surface area contributed by atoms with Gasteiger partial charge in [-0.05, 0) is 30.5 Å². The Morgan fingerprint density at radius 3 is 2.57 bits per heavy atom. The topological polar surface area (TPSA) is 68.0 Å². The van der Waals surface area contributed by atoms with Crippen LogP contribution in [0.3, 0.4) is 0 Å². The first kappa shape index (κ1) is 14.3. The van der Waals surface area contributed by atoms with Crippen LogP contribution in [0, 0.1) is 5.82 Å². The molecule has 0 radical (unpaired) electrons. The number of nitrogens with zero attached hydrogens (tertiary/aromatic N) is 3. The number of rotatable bonds is 5. The molecule has 5 nitrogen and oxygen atoms in total. The van der Waals surface area contributed by atoms with E-state index in [-0.39, 0.29) is 12.4 Å². The molecule has 0 spiro atoms. The highest BCUT2D eigenvalue weighted by atomic mass is 32.2. The van der Waals surface area contributed by atoms with Gasteiger partial charge in [0.2, 0.25) is 0 Å². The summed E-state index contributed by atoms with van der Waals surface area (Å²) < 4.78 is 26.1. The first-order chi connectivity index (χ1) is 9.98. The van der Waals surface area contributed by atoms with Crippen molar-refractivity contribution < 1.29 is 13.7 Å². The van der Waals surface area contributed by atoms with E-state index in [1.807, 2.05) is 0 Å². The van der Waals surface area contributed by atoms with Crippen molar-refractivity contribution in [3.8, 4) is 0 Å². The molecule has 1 aliphatic carbocycles. The largest absolute Gasteiger partial charge is 0.382 e. The van der Waals surface area contributed by atoms with Gasteiger partial charge < -0.3 is 5.11 Å². The lowest BCUT2D eigenvalue weighted by molar-refractivity contribution is 0.00360. The van der Waals surface area contributed by atoms with Gasteiger partial charge in [-0.2, -0.15) is 5.10 Å². The summed E-state index contributed by atoms with van der Waals surface area (Å²) in [6, 6.07) is 5.69. The molecule has 1 N–H and O–H groups in total. The lowest BCUT2D eigenvalue weighted by atomic mass is 9.88. The molecular weight excluding hydrogens is 293 g/mol. The van der Waals surface area contributed by atoms with Gasteiger partial charge in [-0.15, -0.1) is 0 Å². The van der Waals surface area contributed by atoms with E-state index in [0.29, 0.717) is 18.4 Å². The maximum atomic E-state index is 13.2. The minimum atomic E-state index is -1.37. The number of halogens is 1. The Kier molecular flexibility index (Phi) is 3.41. The molecule has 7 heteroatoms. The first-order valence-electron chi connectivity index (χ1n) is 6.62. The van der Waals surface area contributed by atoms with Crippen LogP contribution in [-0.2, 0) is 22.9 Å². The summed E-state index contributed by atoms with van der Waals surface area (Å²) in [5.41, 5.74) is -0.819. The van der Waals surface area contributed by atoms with Crippen molar-refractivity contribution in [2.24, 2.45) is 0 Å². The molecule has 1 aromatic heterocycles. The summed E-state index contributed by atoms with van der Waals surface area (Å²) in [6.07, 6.45) is 5.82. The van der Waals surface area contributed by atoms with Crippen molar-refractivity contribution in [2.75, 3.05) is 6.26 Å². The Hall–Kier alpha value is -1.60. The average molecular weight is 309 g/mol. The van der Waals surface area contributed by atoms with Crippen molar-refractivity contribution in [3.05, 3.63) is 48.3 Å². The highest BCUT2D eigenvalue weighted by molar-refractivity contribution is 7.86. The first-order valence-corrected chi connectivity index (χ1v) is 8.18. The van der Waals surface area contributed by atoms with Gasteiger partial charge in [0.15, 0.2) is 0 Å². The second kappa shape index (κ2) is 4.99. The van der Waals surface area contributed by atoms with E-state index in [1.54, 1.807) is 18.4 Å². The normalized spacial score (nSPS) is 20.7. The summed E-state index contributed by atoms with van der Waals surface area (Å²) >= 11 is 0. The smallest absolute Gasteiger partial charge is 0.137 e. The number of benzene rings is 1. The fourth-order valence-electron chi connectivity index (χ4n) is 2.83. The van der Waals surface area contributed by atoms with Crippen LogP contribution in [0.1, 0.15) is 18.4 Å². The second-order valence-electron chi connectivity index (χ2n) is 5.41. The van der Waals surface area contributed by atoms with Gasteiger partial charge in [-0.1, -0.05) is 12.1 Å². The van der Waals surface area contributed by atoms with Gasteiger partial charge in [0, 0.05) is 17.1 Å². The van der Waals surface area contributed by atoms with Gasteiger partial charge in [0.05, 0.1) is 11.3 Å². The molecule has 2 unspecified atom stereocenters. The zero-order valence-corrected chi connectivity index (χ0v) is 12.4. The van der Waals surface area contributed by atoms with Crippen LogP contribution in [0.4, 0.5) is 4.39 Å². The number of hydrogen-bond acceptors (Lipinski definition) is 4. The third-order valence-corrected chi connectivity index (χ3v) is 6.03. The fraction of sp³-hybridized carbons (Fsp3) is 0.429. The molecule has 0 amide bonds. The molecule has 0 bridgehead atoms. The fourth-order valence-corrected chi connectivity index (χ4v) is 4.16. The quantitative estimate of drug-likeness (QED) is 0.901. The van der Waals surface area contributed by atoms with E-state index < -0.39 is 21.1 Å². The van der Waals surface area contributed by atoms with E-state index >= 15 is 0 Å². The standard InChI is InChI=1S/C14H16FN3O2S/c1-21(20)13(6-7-13)14(19,8-18-10-16-9-17-18)11-2-4-12(15)5-3-11/h2-5,9-10,19H,6-8H2,1H3. The van der Waals surface area contributed by atoms with Crippen LogP contribution in [0.15, 0.2) is 36.9 Å². The van der Waals surface area contributed by atoms with E-state index in [2.05, 4.69) is 10.1 Å². The van der Waals surface area contributed by atoms with E-state index in [4.69, 9.17) is 0 Å². The van der Waals surface area contributed by atoms with E-state index in [0.717, 1.165) is 0 Å². The van der Waals surface area contributed by atoms with Gasteiger partial charge in [0.1, 0.15) is 24.1 Å². The van der Waals surface area contributed by atoms with Crippen LogP contribution in [0.2, 0.25) is 0 Å². The summed E-state index contributed by atoms with van der Waals surface area (Å²) in [5, 5.41) is 15.3. The van der Waals surface area contributed by atoms with Gasteiger partial charge >= 0.3 is 0 Å². The third-order valence-electron chi connectivity index (χ3n) is 4.19. The van der Waals surface area contributed by atoms with Gasteiger partial charge in [-0.3, -0.25) is 4.21 Å². The Morgan fingerprint density at radius 2 is 2.10 bits per heavy atom. The Labute approximate surface area is 124 Å². The molecule has 1 aromatic carbocycles. The molecule has 0 saturated heterocycles. The molecular formula is C14H16FN3O2S. The summed E-state index contributed by atoms with van der Waals surface area (Å²) in [7, 11) is -1.21. The highest BCUT2D eigenvalue weighted by Crippen LogP contribution is 2.54. The van der Waals surface area contributed by atoms with Crippen LogP contribution in [0.25, 0.3) is 0 Å². The second-order valence-corrected chi connectivity index (χ2v) is 7.10. The molecule has 2 atom stereocenters. The van der Waals surface area contributed by atoms with Crippen LogP contribution in [-0.4, -0.2) is 35.1 Å². The average Bonchev–Trinajstić information content (AvgIpc) is 3.14. The van der Waals surface area contributed by atoms with Crippen LogP contribution in [0.5, 0.6) is 0 Å². The van der Waals surface area contributed by atoms with Gasteiger partial charge in [0.25, 0.3) is 0 Å². The summed E-state index contributed by atoms with van der Waals surface area (Å²) in [6.45, 7) is 0.137. The van der Waals surface area contributed by atoms with Crippen molar-refractivity contribution in [1.29, 1.82) is 0 Å². The molecule has 2 aromatic rings. The van der Waals surface area contributed by atoms with Crippen LogP contribution >= 0.6 is 0 Å². The predicted octanol–water partition coefficient (Wildman–Crippen LogP) is 1.22. The molecule has 112 valence electrons. The minimum Gasteiger partial charge on any atom is -0.382 e. The predicted molar refractivity (Wildman–Crippen MR) is 76.4 cm³/mol. The molecule has 3 rings (SSSR count). The van der Waals surface area contributed by atoms with E-state index in [1.165, 1.54) is 29.5 Å². The van der Waals surface area contributed by atoms with Gasteiger partial charge in [-0.25, -0.2) is 14.1 Å². The molecule has 1 aliphatic rings. The summed E-state index contributed by atoms with van der Waals surface area (Å²) in [5.74, 6) is -0.371. The minimum absolute atomic E-state index is 0.137. The van der Waals surface area contributed by atoms with Crippen LogP contribution < -0.4 is 0 Å². The Bertz CT molecular complexity index is 655. The zero-order valence-electron chi connectivity index (χ0n) is 11.6. The monoisotopic (exact) mass is 309 g/mol. The third kappa shape index (κ3) is 2.30. The number of aromatic nitrogens is 3. The molecule has 0 aliphatic heterocycles. The molecule has 1 saturated carbocycles. The number of aliphatic hydroxyl groups is 1. The molecule has 21 heavy (non-hydrogen) atoms. The maximum absolute atomic E-state index is 13.2. The Balaban J connectivity index is 2.06. The van der Waals surface area contributed by atoms with E-state index in [9.17, 15) is 13.7 Å². The van der Waals surface area contributed by atoms with Crippen molar-refractivity contribution in [1.82, 2.24) is 14.8 Å². The molecule has 1 heterocycles.